The topological polar surface area (TPSA) is 95.6 Å². The quantitative estimate of drug-likeness (QED) is 0.656. The molecule has 2 amide bonds. The van der Waals surface area contributed by atoms with E-state index < -0.39 is 10.0 Å². The van der Waals surface area contributed by atoms with Gasteiger partial charge < -0.3 is 10.6 Å². The van der Waals surface area contributed by atoms with E-state index in [9.17, 15) is 18.0 Å². The van der Waals surface area contributed by atoms with Crippen molar-refractivity contribution in [3.05, 3.63) is 59.7 Å². The van der Waals surface area contributed by atoms with Crippen molar-refractivity contribution in [3.8, 4) is 0 Å². The smallest absolute Gasteiger partial charge is 0.253 e. The average molecular weight is 418 g/mol. The molecule has 0 spiro atoms. The summed E-state index contributed by atoms with van der Waals surface area (Å²) < 4.78 is 26.4. The largest absolute Gasteiger partial charge is 0.355 e. The van der Waals surface area contributed by atoms with E-state index in [1.165, 1.54) is 11.4 Å². The molecule has 8 heteroatoms. The maximum atomic E-state index is 12.5. The molecule has 0 bridgehead atoms. The Kier molecular flexibility index (Phi) is 7.92. The van der Waals surface area contributed by atoms with Crippen LogP contribution in [-0.4, -0.2) is 44.7 Å². The van der Waals surface area contributed by atoms with Crippen LogP contribution < -0.4 is 10.6 Å². The molecule has 0 aromatic heterocycles. The molecule has 0 fully saturated rings. The summed E-state index contributed by atoms with van der Waals surface area (Å²) in [6.07, 6.45) is 0.670. The van der Waals surface area contributed by atoms with E-state index in [1.54, 1.807) is 62.4 Å². The van der Waals surface area contributed by atoms with E-state index in [-0.39, 0.29) is 23.1 Å². The summed E-state index contributed by atoms with van der Waals surface area (Å²) in [5, 5.41) is 5.30. The van der Waals surface area contributed by atoms with Gasteiger partial charge in [-0.05, 0) is 36.2 Å². The Labute approximate surface area is 172 Å². The highest BCUT2D eigenvalue weighted by molar-refractivity contribution is 7.89. The number of para-hydroxylation sites is 1. The summed E-state index contributed by atoms with van der Waals surface area (Å²) in [7, 11) is -1.96. The van der Waals surface area contributed by atoms with Crippen LogP contribution in [0.5, 0.6) is 0 Å². The molecule has 0 aliphatic heterocycles. The van der Waals surface area contributed by atoms with Crippen molar-refractivity contribution in [2.75, 3.05) is 25.5 Å². The number of amides is 2. The number of carbonyl (C=O) groups is 2. The lowest BCUT2D eigenvalue weighted by molar-refractivity contribution is -0.116. The second-order valence-electron chi connectivity index (χ2n) is 6.41. The summed E-state index contributed by atoms with van der Waals surface area (Å²) in [6, 6.07) is 13.4. The van der Waals surface area contributed by atoms with Crippen LogP contribution >= 0.6 is 0 Å². The summed E-state index contributed by atoms with van der Waals surface area (Å²) in [4.78, 5) is 24.4. The van der Waals surface area contributed by atoms with Gasteiger partial charge in [0.2, 0.25) is 15.9 Å². The van der Waals surface area contributed by atoms with Crippen LogP contribution in [0.25, 0.3) is 0 Å². The lowest BCUT2D eigenvalue weighted by Crippen LogP contribution is -2.30. The molecule has 0 atom stereocenters. The first-order chi connectivity index (χ1) is 13.8. The zero-order chi connectivity index (χ0) is 21.4. The lowest BCUT2D eigenvalue weighted by Gasteiger charge is -2.18. The zero-order valence-corrected chi connectivity index (χ0v) is 17.8. The van der Waals surface area contributed by atoms with Gasteiger partial charge in [0.1, 0.15) is 0 Å². The van der Waals surface area contributed by atoms with E-state index in [0.717, 1.165) is 5.56 Å². The van der Waals surface area contributed by atoms with Gasteiger partial charge in [0, 0.05) is 26.6 Å². The van der Waals surface area contributed by atoms with E-state index in [2.05, 4.69) is 10.6 Å². The zero-order valence-electron chi connectivity index (χ0n) is 16.9. The number of sulfonamides is 1. The molecular weight excluding hydrogens is 390 g/mol. The monoisotopic (exact) mass is 417 g/mol. The normalized spacial score (nSPS) is 11.3. The predicted molar refractivity (Wildman–Crippen MR) is 113 cm³/mol. The van der Waals surface area contributed by atoms with E-state index in [0.29, 0.717) is 30.8 Å². The Hall–Kier alpha value is -2.71. The number of carbonyl (C=O) groups excluding carboxylic acids is 2. The van der Waals surface area contributed by atoms with Gasteiger partial charge in [0.15, 0.2) is 0 Å². The molecule has 0 aliphatic rings. The molecule has 2 aromatic rings. The highest BCUT2D eigenvalue weighted by Crippen LogP contribution is 2.18. The second kappa shape index (κ2) is 10.2. The molecular formula is C21H27N3O4S. The Bertz CT molecular complexity index is 952. The van der Waals surface area contributed by atoms with Crippen molar-refractivity contribution < 1.29 is 18.0 Å². The lowest BCUT2D eigenvalue weighted by atomic mass is 10.1. The standard InChI is InChI=1S/C21H27N3O4S/c1-4-24(5-2)29(27,28)17-13-10-16(11-14-17)12-15-20(25)23-19-9-7-6-8-18(19)21(26)22-3/h6-11,13-14H,4-5,12,15H2,1-3H3,(H,22,26)(H,23,25). The summed E-state index contributed by atoms with van der Waals surface area (Å²) >= 11 is 0. The number of anilines is 1. The first-order valence-corrected chi connectivity index (χ1v) is 11.0. The second-order valence-corrected chi connectivity index (χ2v) is 8.34. The minimum atomic E-state index is -3.49. The van der Waals surface area contributed by atoms with Gasteiger partial charge in [-0.1, -0.05) is 38.1 Å². The number of benzene rings is 2. The molecule has 7 nitrogen and oxygen atoms in total. The predicted octanol–water partition coefficient (Wildman–Crippen LogP) is 2.65. The minimum Gasteiger partial charge on any atom is -0.355 e. The Morgan fingerprint density at radius 3 is 2.17 bits per heavy atom. The van der Waals surface area contributed by atoms with Gasteiger partial charge in [-0.15, -0.1) is 0 Å². The van der Waals surface area contributed by atoms with Gasteiger partial charge in [-0.2, -0.15) is 4.31 Å². The molecule has 0 saturated carbocycles. The van der Waals surface area contributed by atoms with Crippen LogP contribution in [0.1, 0.15) is 36.2 Å². The number of hydrogen-bond acceptors (Lipinski definition) is 4. The third-order valence-electron chi connectivity index (χ3n) is 4.58. The first kappa shape index (κ1) is 22.6. The summed E-state index contributed by atoms with van der Waals surface area (Å²) in [5.41, 5.74) is 1.71. The molecule has 0 unspecified atom stereocenters. The van der Waals surface area contributed by atoms with Crippen molar-refractivity contribution in [1.82, 2.24) is 9.62 Å². The van der Waals surface area contributed by atoms with Gasteiger partial charge in [0.25, 0.3) is 5.91 Å². The maximum absolute atomic E-state index is 12.5. The Morgan fingerprint density at radius 1 is 0.966 bits per heavy atom. The molecule has 2 N–H and O–H groups in total. The molecule has 0 aliphatic carbocycles. The minimum absolute atomic E-state index is 0.213. The molecule has 0 heterocycles. The van der Waals surface area contributed by atoms with Crippen LogP contribution in [-0.2, 0) is 21.2 Å². The molecule has 156 valence electrons. The third-order valence-corrected chi connectivity index (χ3v) is 6.64. The fourth-order valence-electron chi connectivity index (χ4n) is 2.94. The summed E-state index contributed by atoms with van der Waals surface area (Å²) in [5.74, 6) is -0.493. The molecule has 2 rings (SSSR count). The van der Waals surface area contributed by atoms with Gasteiger partial charge in [-0.3, -0.25) is 9.59 Å². The van der Waals surface area contributed by atoms with Crippen molar-refractivity contribution in [3.63, 3.8) is 0 Å². The number of nitrogens with one attached hydrogen (secondary N) is 2. The summed E-state index contributed by atoms with van der Waals surface area (Å²) in [6.45, 7) is 4.43. The molecule has 29 heavy (non-hydrogen) atoms. The van der Waals surface area contributed by atoms with Crippen molar-refractivity contribution in [1.29, 1.82) is 0 Å². The fraction of sp³-hybridized carbons (Fsp3) is 0.333. The van der Waals surface area contributed by atoms with Crippen LogP contribution in [0.4, 0.5) is 5.69 Å². The van der Waals surface area contributed by atoms with Crippen molar-refractivity contribution in [2.45, 2.75) is 31.6 Å². The molecule has 0 saturated heterocycles. The van der Waals surface area contributed by atoms with Crippen molar-refractivity contribution in [2.24, 2.45) is 0 Å². The number of rotatable bonds is 9. The SMILES string of the molecule is CCN(CC)S(=O)(=O)c1ccc(CCC(=O)Nc2ccccc2C(=O)NC)cc1. The first-order valence-electron chi connectivity index (χ1n) is 9.53. The highest BCUT2D eigenvalue weighted by atomic mass is 32.2. The van der Waals surface area contributed by atoms with Gasteiger partial charge in [0.05, 0.1) is 16.1 Å². The maximum Gasteiger partial charge on any atom is 0.253 e. The molecule has 0 radical (unpaired) electrons. The highest BCUT2D eigenvalue weighted by Gasteiger charge is 2.21. The van der Waals surface area contributed by atoms with Gasteiger partial charge >= 0.3 is 0 Å². The van der Waals surface area contributed by atoms with Crippen molar-refractivity contribution >= 4 is 27.5 Å². The fourth-order valence-corrected chi connectivity index (χ4v) is 4.39. The Morgan fingerprint density at radius 2 is 1.59 bits per heavy atom. The third kappa shape index (κ3) is 5.65. The van der Waals surface area contributed by atoms with Crippen LogP contribution in [0.15, 0.2) is 53.4 Å². The van der Waals surface area contributed by atoms with Crippen LogP contribution in [0, 0.1) is 0 Å². The van der Waals surface area contributed by atoms with Crippen LogP contribution in [0.3, 0.4) is 0 Å². The number of hydrogen-bond donors (Lipinski definition) is 2. The average Bonchev–Trinajstić information content (AvgIpc) is 2.73. The van der Waals surface area contributed by atoms with E-state index in [1.807, 2.05) is 0 Å². The number of nitrogens with zero attached hydrogens (tertiary/aromatic N) is 1. The van der Waals surface area contributed by atoms with E-state index >= 15 is 0 Å². The Balaban J connectivity index is 2.01. The van der Waals surface area contributed by atoms with E-state index in [4.69, 9.17) is 0 Å². The number of aryl methyl sites for hydroxylation is 1. The van der Waals surface area contributed by atoms with Gasteiger partial charge in [-0.25, -0.2) is 8.42 Å². The molecule has 2 aromatic carbocycles. The van der Waals surface area contributed by atoms with Crippen LogP contribution in [0.2, 0.25) is 0 Å².